The number of hydrogen-bond acceptors (Lipinski definition) is 6. The molecule has 5 rings (SSSR count). The Balaban J connectivity index is 1.51. The van der Waals surface area contributed by atoms with Crippen LogP contribution in [0.2, 0.25) is 0 Å². The van der Waals surface area contributed by atoms with Gasteiger partial charge in [-0.05, 0) is 12.1 Å². The van der Waals surface area contributed by atoms with Crippen LogP contribution < -0.4 is 10.8 Å². The monoisotopic (exact) mass is 446 g/mol. The smallest absolute Gasteiger partial charge is 0.219 e. The summed E-state index contributed by atoms with van der Waals surface area (Å²) in [5, 5.41) is 10.6. The van der Waals surface area contributed by atoms with Crippen molar-refractivity contribution >= 4 is 44.2 Å². The molecule has 0 unspecified atom stereocenters. The van der Waals surface area contributed by atoms with E-state index < -0.39 is 0 Å². The third kappa shape index (κ3) is 4.11. The normalized spacial score (nSPS) is 14.7. The minimum atomic E-state index is 0.168. The average Bonchev–Trinajstić information content (AvgIpc) is 3.35. The fraction of sp³-hybridized carbons (Fsp3) is 0.292. The number of nitrogens with zero attached hydrogens (tertiary/aromatic N) is 5. The highest BCUT2D eigenvalue weighted by atomic mass is 32.1. The maximum Gasteiger partial charge on any atom is 0.219 e. The zero-order valence-electron chi connectivity index (χ0n) is 18.1. The number of amides is 1. The third-order valence-electron chi connectivity index (χ3n) is 6.05. The maximum atomic E-state index is 11.6. The highest BCUT2D eigenvalue weighted by molar-refractivity contribution is 7.13. The molecular formula is C24H26N6OS. The Morgan fingerprint density at radius 1 is 1.00 bits per heavy atom. The van der Waals surface area contributed by atoms with Crippen LogP contribution in [0.1, 0.15) is 6.92 Å². The molecule has 8 heteroatoms. The SMILES string of the molecule is CC(=O)N1CCN(CCn2c3ccccc3c(=NNc3nccs3)c3ccccc32)CC1. The van der Waals surface area contributed by atoms with Crippen LogP contribution in [0, 0.1) is 0 Å². The second-order valence-corrected chi connectivity index (χ2v) is 8.84. The zero-order chi connectivity index (χ0) is 21.9. The van der Waals surface area contributed by atoms with E-state index in [0.717, 1.165) is 71.6 Å². The van der Waals surface area contributed by atoms with Crippen molar-refractivity contribution in [2.75, 3.05) is 38.1 Å². The Bertz CT molecular complexity index is 1250. The van der Waals surface area contributed by atoms with Crippen LogP contribution in [0.15, 0.2) is 65.2 Å². The van der Waals surface area contributed by atoms with Gasteiger partial charge in [-0.1, -0.05) is 36.4 Å². The average molecular weight is 447 g/mol. The molecule has 0 bridgehead atoms. The van der Waals surface area contributed by atoms with Crippen molar-refractivity contribution in [2.45, 2.75) is 13.5 Å². The van der Waals surface area contributed by atoms with E-state index in [9.17, 15) is 4.79 Å². The molecule has 0 saturated carbocycles. The summed E-state index contributed by atoms with van der Waals surface area (Å²) < 4.78 is 2.39. The Morgan fingerprint density at radius 3 is 2.25 bits per heavy atom. The predicted molar refractivity (Wildman–Crippen MR) is 129 cm³/mol. The van der Waals surface area contributed by atoms with Crippen LogP contribution in [0.25, 0.3) is 21.8 Å². The summed E-state index contributed by atoms with van der Waals surface area (Å²) in [6, 6.07) is 16.9. The lowest BCUT2D eigenvalue weighted by Gasteiger charge is -2.34. The molecule has 32 heavy (non-hydrogen) atoms. The van der Waals surface area contributed by atoms with E-state index in [-0.39, 0.29) is 5.91 Å². The quantitative estimate of drug-likeness (QED) is 0.377. The largest absolute Gasteiger partial charge is 0.340 e. The number of fused-ring (bicyclic) bond motifs is 2. The van der Waals surface area contributed by atoms with Gasteiger partial charge in [0.2, 0.25) is 11.0 Å². The van der Waals surface area contributed by atoms with E-state index in [1.165, 1.54) is 11.3 Å². The van der Waals surface area contributed by atoms with Crippen molar-refractivity contribution < 1.29 is 4.79 Å². The lowest BCUT2D eigenvalue weighted by atomic mass is 10.1. The molecule has 0 atom stereocenters. The molecule has 164 valence electrons. The van der Waals surface area contributed by atoms with Gasteiger partial charge in [0.05, 0.1) is 11.0 Å². The van der Waals surface area contributed by atoms with Gasteiger partial charge in [-0.3, -0.25) is 15.1 Å². The summed E-state index contributed by atoms with van der Waals surface area (Å²) in [6.45, 7) is 6.92. The molecule has 3 heterocycles. The summed E-state index contributed by atoms with van der Waals surface area (Å²) in [5.74, 6) is 0.168. The summed E-state index contributed by atoms with van der Waals surface area (Å²) in [7, 11) is 0. The van der Waals surface area contributed by atoms with E-state index in [0.29, 0.717) is 0 Å². The molecule has 1 aliphatic heterocycles. The molecule has 1 N–H and O–H groups in total. The third-order valence-corrected chi connectivity index (χ3v) is 6.73. The van der Waals surface area contributed by atoms with Gasteiger partial charge in [0.15, 0.2) is 0 Å². The van der Waals surface area contributed by atoms with Gasteiger partial charge in [0, 0.05) is 68.5 Å². The number of nitrogens with one attached hydrogen (secondary N) is 1. The van der Waals surface area contributed by atoms with Gasteiger partial charge in [-0.2, -0.15) is 5.10 Å². The number of benzene rings is 2. The zero-order valence-corrected chi connectivity index (χ0v) is 18.9. The molecule has 0 radical (unpaired) electrons. The van der Waals surface area contributed by atoms with Crippen molar-refractivity contribution in [1.29, 1.82) is 0 Å². The van der Waals surface area contributed by atoms with Gasteiger partial charge < -0.3 is 9.47 Å². The first-order chi connectivity index (χ1) is 15.7. The molecule has 2 aromatic carbocycles. The van der Waals surface area contributed by atoms with Gasteiger partial charge in [0.1, 0.15) is 5.36 Å². The Kier molecular flexibility index (Phi) is 5.87. The summed E-state index contributed by atoms with van der Waals surface area (Å²) in [6.07, 6.45) is 1.77. The van der Waals surface area contributed by atoms with Crippen LogP contribution in [0.3, 0.4) is 0 Å². The molecule has 1 aliphatic rings. The number of carbonyl (C=O) groups excluding carboxylic acids is 1. The summed E-state index contributed by atoms with van der Waals surface area (Å²) >= 11 is 1.53. The number of aromatic nitrogens is 2. The van der Waals surface area contributed by atoms with Gasteiger partial charge >= 0.3 is 0 Å². The fourth-order valence-electron chi connectivity index (χ4n) is 4.36. The highest BCUT2D eigenvalue weighted by Gasteiger charge is 2.18. The minimum absolute atomic E-state index is 0.168. The molecule has 4 aromatic rings. The Morgan fingerprint density at radius 2 is 1.66 bits per heavy atom. The number of hydrogen-bond donors (Lipinski definition) is 1. The van der Waals surface area contributed by atoms with Crippen LogP contribution in [0.5, 0.6) is 0 Å². The van der Waals surface area contributed by atoms with Crippen molar-refractivity contribution in [3.05, 3.63) is 65.5 Å². The van der Waals surface area contributed by atoms with E-state index >= 15 is 0 Å². The molecular weight excluding hydrogens is 420 g/mol. The molecule has 0 aliphatic carbocycles. The lowest BCUT2D eigenvalue weighted by molar-refractivity contribution is -0.130. The van der Waals surface area contributed by atoms with Gasteiger partial charge in [-0.15, -0.1) is 11.3 Å². The van der Waals surface area contributed by atoms with E-state index in [2.05, 4.69) is 68.4 Å². The lowest BCUT2D eigenvalue weighted by Crippen LogP contribution is -2.48. The Hall–Kier alpha value is -3.23. The molecule has 1 amide bonds. The Labute approximate surface area is 190 Å². The number of rotatable bonds is 5. The second-order valence-electron chi connectivity index (χ2n) is 7.94. The number of para-hydroxylation sites is 2. The molecule has 0 spiro atoms. The van der Waals surface area contributed by atoms with Crippen molar-refractivity contribution in [2.24, 2.45) is 5.10 Å². The molecule has 7 nitrogen and oxygen atoms in total. The fourth-order valence-corrected chi connectivity index (χ4v) is 4.84. The topological polar surface area (TPSA) is 65.8 Å². The number of anilines is 1. The van der Waals surface area contributed by atoms with Gasteiger partial charge in [0.25, 0.3) is 0 Å². The van der Waals surface area contributed by atoms with Crippen molar-refractivity contribution in [3.8, 4) is 0 Å². The number of pyridine rings is 1. The number of thiazole rings is 1. The molecule has 1 saturated heterocycles. The molecule has 2 aromatic heterocycles. The number of piperazine rings is 1. The first kappa shape index (κ1) is 20.7. The van der Waals surface area contributed by atoms with Gasteiger partial charge in [-0.25, -0.2) is 4.98 Å². The van der Waals surface area contributed by atoms with E-state index in [4.69, 9.17) is 5.10 Å². The van der Waals surface area contributed by atoms with Crippen molar-refractivity contribution in [3.63, 3.8) is 0 Å². The van der Waals surface area contributed by atoms with Crippen LogP contribution in [0.4, 0.5) is 5.13 Å². The number of carbonyl (C=O) groups is 1. The van der Waals surface area contributed by atoms with Crippen LogP contribution in [-0.4, -0.2) is 58.0 Å². The summed E-state index contributed by atoms with van der Waals surface area (Å²) in [5.41, 5.74) is 5.45. The van der Waals surface area contributed by atoms with Crippen LogP contribution >= 0.6 is 11.3 Å². The van der Waals surface area contributed by atoms with E-state index in [1.807, 2.05) is 10.3 Å². The second kappa shape index (κ2) is 9.10. The standard InChI is InChI=1S/C24H26N6OS/c1-18(31)29-14-11-28(12-15-29)13-16-30-21-8-4-2-6-19(21)23(20-7-3-5-9-22(20)30)26-27-24-25-10-17-32-24/h2-10,17H,11-16H2,1H3,(H,25,27). The summed E-state index contributed by atoms with van der Waals surface area (Å²) in [4.78, 5) is 20.3. The first-order valence-corrected chi connectivity index (χ1v) is 11.8. The highest BCUT2D eigenvalue weighted by Crippen LogP contribution is 2.20. The maximum absolute atomic E-state index is 11.6. The van der Waals surface area contributed by atoms with Crippen molar-refractivity contribution in [1.82, 2.24) is 19.4 Å². The van der Waals surface area contributed by atoms with E-state index in [1.54, 1.807) is 13.1 Å². The predicted octanol–water partition coefficient (Wildman–Crippen LogP) is 3.34. The molecule has 1 fully saturated rings. The minimum Gasteiger partial charge on any atom is -0.340 e. The first-order valence-electron chi connectivity index (χ1n) is 10.9. The van der Waals surface area contributed by atoms with Crippen LogP contribution in [-0.2, 0) is 11.3 Å².